The first-order chi connectivity index (χ1) is 23.6. The van der Waals surface area contributed by atoms with Gasteiger partial charge in [-0.15, -0.1) is 0 Å². The molecule has 0 aliphatic carbocycles. The largest absolute Gasteiger partial charge is 0.444 e. The van der Waals surface area contributed by atoms with E-state index in [9.17, 15) is 19.2 Å². The van der Waals surface area contributed by atoms with E-state index in [0.717, 1.165) is 16.7 Å². The van der Waals surface area contributed by atoms with Gasteiger partial charge in [-0.05, 0) is 82.1 Å². The number of likely N-dealkylation sites (tertiary alicyclic amines) is 1. The molecule has 51 heavy (non-hydrogen) atoms. The number of ketones is 1. The molecule has 0 spiro atoms. The van der Waals surface area contributed by atoms with Crippen molar-refractivity contribution >= 4 is 32.0 Å². The first-order valence-electron chi connectivity index (χ1n) is 18.5. The summed E-state index contributed by atoms with van der Waals surface area (Å²) in [4.78, 5) is 55.4. The molecule has 3 rings (SSSR count). The SMILES string of the molecule is Cc1ccc(C[C@H](C[C@H](O[Si](C)(C)C(C)(C)C)[C@H](Cc2ccccc2)NC(=O)OC(C)(C)C)C(=O)N[C@H](C(=O)N2CCC(=O)CC2)C(C)C)cc1. The van der Waals surface area contributed by atoms with Gasteiger partial charge in [-0.1, -0.05) is 94.8 Å². The van der Waals surface area contributed by atoms with Gasteiger partial charge in [-0.3, -0.25) is 14.4 Å². The second-order valence-electron chi connectivity index (χ2n) is 17.1. The second kappa shape index (κ2) is 17.8. The van der Waals surface area contributed by atoms with Crippen molar-refractivity contribution < 1.29 is 28.3 Å². The first kappa shape index (κ1) is 41.9. The molecule has 10 heteroatoms. The van der Waals surface area contributed by atoms with Crippen LogP contribution in [0.3, 0.4) is 0 Å². The molecule has 9 nitrogen and oxygen atoms in total. The van der Waals surface area contributed by atoms with Crippen molar-refractivity contribution in [2.45, 2.75) is 136 Å². The Morgan fingerprint density at radius 1 is 0.843 bits per heavy atom. The van der Waals surface area contributed by atoms with Crippen LogP contribution in [0.1, 0.15) is 91.3 Å². The van der Waals surface area contributed by atoms with E-state index < -0.39 is 44.1 Å². The van der Waals surface area contributed by atoms with Gasteiger partial charge in [0.05, 0.1) is 12.1 Å². The van der Waals surface area contributed by atoms with E-state index in [1.165, 1.54) is 0 Å². The quantitative estimate of drug-likeness (QED) is 0.197. The molecule has 0 aromatic heterocycles. The van der Waals surface area contributed by atoms with Gasteiger partial charge in [0, 0.05) is 31.8 Å². The Hall–Kier alpha value is -3.50. The summed E-state index contributed by atoms with van der Waals surface area (Å²) in [5, 5.41) is 6.15. The zero-order chi connectivity index (χ0) is 38.1. The van der Waals surface area contributed by atoms with Crippen molar-refractivity contribution in [1.82, 2.24) is 15.5 Å². The van der Waals surface area contributed by atoms with Crippen LogP contribution in [0, 0.1) is 18.8 Å². The van der Waals surface area contributed by atoms with E-state index in [0.29, 0.717) is 45.2 Å². The fourth-order valence-corrected chi connectivity index (χ4v) is 7.35. The van der Waals surface area contributed by atoms with Crippen LogP contribution in [-0.4, -0.2) is 73.8 Å². The number of benzene rings is 2. The molecule has 1 aliphatic rings. The number of ether oxygens (including phenoxy) is 1. The van der Waals surface area contributed by atoms with Crippen molar-refractivity contribution in [2.24, 2.45) is 11.8 Å². The predicted octanol–water partition coefficient (Wildman–Crippen LogP) is 7.40. The van der Waals surface area contributed by atoms with Crippen LogP contribution in [0.2, 0.25) is 18.1 Å². The molecule has 2 aromatic carbocycles. The first-order valence-corrected chi connectivity index (χ1v) is 21.4. The van der Waals surface area contributed by atoms with Gasteiger partial charge < -0.3 is 24.7 Å². The van der Waals surface area contributed by atoms with Crippen LogP contribution in [-0.2, 0) is 36.4 Å². The van der Waals surface area contributed by atoms with Crippen molar-refractivity contribution in [3.05, 3.63) is 71.3 Å². The molecular formula is C41H63N3O6Si. The van der Waals surface area contributed by atoms with Gasteiger partial charge >= 0.3 is 6.09 Å². The molecule has 3 amide bonds. The third-order valence-corrected chi connectivity index (χ3v) is 14.6. The van der Waals surface area contributed by atoms with E-state index in [4.69, 9.17) is 9.16 Å². The minimum absolute atomic E-state index is 0.145. The normalized spacial score (nSPS) is 16.6. The highest BCUT2D eigenvalue weighted by Crippen LogP contribution is 2.39. The van der Waals surface area contributed by atoms with Gasteiger partial charge in [0.2, 0.25) is 11.8 Å². The van der Waals surface area contributed by atoms with E-state index in [2.05, 4.69) is 44.5 Å². The molecule has 4 atom stereocenters. The van der Waals surface area contributed by atoms with Gasteiger partial charge in [-0.2, -0.15) is 0 Å². The van der Waals surface area contributed by atoms with Crippen molar-refractivity contribution in [1.29, 1.82) is 0 Å². The number of nitrogens with zero attached hydrogens (tertiary/aromatic N) is 1. The number of Topliss-reactive ketones (excluding diaryl/α,β-unsaturated/α-hetero) is 1. The minimum Gasteiger partial charge on any atom is -0.444 e. The highest BCUT2D eigenvalue weighted by Gasteiger charge is 2.43. The van der Waals surface area contributed by atoms with E-state index >= 15 is 0 Å². The Kier molecular flexibility index (Phi) is 14.6. The average Bonchev–Trinajstić information content (AvgIpc) is 3.02. The second-order valence-corrected chi connectivity index (χ2v) is 21.8. The molecule has 0 saturated carbocycles. The van der Waals surface area contributed by atoms with Crippen LogP contribution < -0.4 is 10.6 Å². The molecule has 0 unspecified atom stereocenters. The van der Waals surface area contributed by atoms with Crippen molar-refractivity contribution in [3.8, 4) is 0 Å². The zero-order valence-electron chi connectivity index (χ0n) is 32.9. The summed E-state index contributed by atoms with van der Waals surface area (Å²) in [5.41, 5.74) is 2.43. The summed E-state index contributed by atoms with van der Waals surface area (Å²) in [7, 11) is -2.46. The highest BCUT2D eigenvalue weighted by molar-refractivity contribution is 6.74. The molecular weight excluding hydrogens is 659 g/mol. The summed E-state index contributed by atoms with van der Waals surface area (Å²) < 4.78 is 12.9. The molecule has 282 valence electrons. The Bertz CT molecular complexity index is 1450. The summed E-state index contributed by atoms with van der Waals surface area (Å²) in [6.45, 7) is 23.0. The number of hydrogen-bond acceptors (Lipinski definition) is 6. The maximum Gasteiger partial charge on any atom is 0.407 e. The lowest BCUT2D eigenvalue weighted by atomic mass is 9.88. The summed E-state index contributed by atoms with van der Waals surface area (Å²) in [6, 6.07) is 16.8. The smallest absolute Gasteiger partial charge is 0.407 e. The molecule has 1 heterocycles. The lowest BCUT2D eigenvalue weighted by Gasteiger charge is -2.42. The number of aryl methyl sites for hydroxylation is 1. The molecule has 1 fully saturated rings. The fraction of sp³-hybridized carbons (Fsp3) is 0.610. The lowest BCUT2D eigenvalue weighted by Crippen LogP contribution is -2.56. The number of carbonyl (C=O) groups excluding carboxylic acids is 4. The van der Waals surface area contributed by atoms with Crippen LogP contribution in [0.5, 0.6) is 0 Å². The Morgan fingerprint density at radius 2 is 1.41 bits per heavy atom. The minimum atomic E-state index is -2.46. The van der Waals surface area contributed by atoms with Gasteiger partial charge in [0.15, 0.2) is 8.32 Å². The lowest BCUT2D eigenvalue weighted by molar-refractivity contribution is -0.141. The number of hydrogen-bond donors (Lipinski definition) is 2. The summed E-state index contributed by atoms with van der Waals surface area (Å²) >= 11 is 0. The molecule has 1 aliphatic heterocycles. The van der Waals surface area contributed by atoms with Crippen LogP contribution in [0.15, 0.2) is 54.6 Å². The zero-order valence-corrected chi connectivity index (χ0v) is 33.9. The molecule has 2 aromatic rings. The van der Waals surface area contributed by atoms with E-state index in [1.54, 1.807) is 4.90 Å². The van der Waals surface area contributed by atoms with Gasteiger partial charge in [-0.25, -0.2) is 4.79 Å². The van der Waals surface area contributed by atoms with E-state index in [1.807, 2.05) is 96.1 Å². The van der Waals surface area contributed by atoms with Crippen LogP contribution in [0.4, 0.5) is 4.79 Å². The number of amides is 3. The number of rotatable bonds is 14. The number of nitrogens with one attached hydrogen (secondary N) is 2. The number of carbonyl (C=O) groups is 4. The summed E-state index contributed by atoms with van der Waals surface area (Å²) in [6.07, 6.45) is 0.764. The third kappa shape index (κ3) is 13.2. The average molecular weight is 722 g/mol. The third-order valence-electron chi connectivity index (χ3n) is 10.1. The van der Waals surface area contributed by atoms with Crippen LogP contribution in [0.25, 0.3) is 0 Å². The Morgan fingerprint density at radius 3 is 1.94 bits per heavy atom. The topological polar surface area (TPSA) is 114 Å². The maximum atomic E-state index is 14.6. The van der Waals surface area contributed by atoms with Gasteiger partial charge in [0.1, 0.15) is 17.4 Å². The Balaban J connectivity index is 2.06. The molecule has 1 saturated heterocycles. The molecule has 0 bridgehead atoms. The van der Waals surface area contributed by atoms with Gasteiger partial charge in [0.25, 0.3) is 0 Å². The summed E-state index contributed by atoms with van der Waals surface area (Å²) in [5.74, 6) is -1.01. The predicted molar refractivity (Wildman–Crippen MR) is 206 cm³/mol. The maximum absolute atomic E-state index is 14.6. The monoisotopic (exact) mass is 721 g/mol. The van der Waals surface area contributed by atoms with E-state index in [-0.39, 0.29) is 28.6 Å². The molecule has 0 radical (unpaired) electrons. The number of piperidine rings is 1. The fourth-order valence-electron chi connectivity index (χ4n) is 5.98. The number of alkyl carbamates (subject to hydrolysis) is 1. The van der Waals surface area contributed by atoms with Crippen LogP contribution >= 0.6 is 0 Å². The highest BCUT2D eigenvalue weighted by atomic mass is 28.4. The molecule has 2 N–H and O–H groups in total. The standard InChI is InChI=1S/C41H63N3O6Si/c1-28(2)36(38(47)44-23-21-33(45)22-24-44)43-37(46)32(25-31-19-17-29(3)18-20-31)27-35(50-51(10,11)41(7,8)9)34(26-30-15-13-12-14-16-30)42-39(48)49-40(4,5)6/h12-20,28,32,34-36H,21-27H2,1-11H3,(H,42,48)(H,43,46)/t32-,34+,35+,36+/m1/s1. The van der Waals surface area contributed by atoms with Crippen molar-refractivity contribution in [2.75, 3.05) is 13.1 Å². The van der Waals surface area contributed by atoms with Crippen molar-refractivity contribution in [3.63, 3.8) is 0 Å². The Labute approximate surface area is 307 Å².